The molecule has 2 aromatic rings. The van der Waals surface area contributed by atoms with Crippen LogP contribution in [-0.2, 0) is 11.2 Å². The van der Waals surface area contributed by atoms with Gasteiger partial charge >= 0.3 is 0 Å². The van der Waals surface area contributed by atoms with Gasteiger partial charge in [0.25, 0.3) is 0 Å². The summed E-state index contributed by atoms with van der Waals surface area (Å²) in [5.74, 6) is 0.570. The van der Waals surface area contributed by atoms with E-state index in [2.05, 4.69) is 64.6 Å². The fourth-order valence-corrected chi connectivity index (χ4v) is 4.35. The molecule has 0 unspecified atom stereocenters. The highest BCUT2D eigenvalue weighted by Gasteiger charge is 2.21. The first-order chi connectivity index (χ1) is 11.1. The Bertz CT molecular complexity index is 716. The number of carbonyl (C=O) groups excluding carboxylic acids is 1. The molecule has 2 aromatic carbocycles. The van der Waals surface area contributed by atoms with Gasteiger partial charge in [-0.05, 0) is 61.1 Å². The number of aryl methyl sites for hydroxylation is 2. The number of benzene rings is 2. The van der Waals surface area contributed by atoms with Crippen LogP contribution in [0.15, 0.2) is 51.8 Å². The van der Waals surface area contributed by atoms with Crippen LogP contribution in [0.5, 0.6) is 0 Å². The Morgan fingerprint density at radius 3 is 2.96 bits per heavy atom. The Balaban J connectivity index is 1.60. The van der Waals surface area contributed by atoms with E-state index >= 15 is 0 Å². The minimum atomic E-state index is 0.110. The van der Waals surface area contributed by atoms with Crippen LogP contribution in [0.3, 0.4) is 0 Å². The fourth-order valence-electron chi connectivity index (χ4n) is 3.06. The Kier molecular flexibility index (Phi) is 5.44. The molecule has 1 aliphatic rings. The van der Waals surface area contributed by atoms with E-state index in [1.165, 1.54) is 16.7 Å². The van der Waals surface area contributed by atoms with Crippen molar-refractivity contribution in [1.29, 1.82) is 0 Å². The standard InChI is InChI=1S/C19H20BrNOS/c1-13-11-15(20)9-10-18(13)23-12-19(22)21-17-8-4-6-14-5-2-3-7-16(14)17/h2-3,5,7,9-11,17H,4,6,8,12H2,1H3,(H,21,22)/t17-/m0/s1. The first-order valence-electron chi connectivity index (χ1n) is 7.89. The van der Waals surface area contributed by atoms with Gasteiger partial charge in [0.1, 0.15) is 0 Å². The van der Waals surface area contributed by atoms with E-state index in [4.69, 9.17) is 0 Å². The van der Waals surface area contributed by atoms with E-state index in [1.54, 1.807) is 11.8 Å². The van der Waals surface area contributed by atoms with Gasteiger partial charge in [-0.25, -0.2) is 0 Å². The second kappa shape index (κ2) is 7.54. The van der Waals surface area contributed by atoms with Crippen LogP contribution in [0, 0.1) is 6.92 Å². The Morgan fingerprint density at radius 2 is 2.13 bits per heavy atom. The number of thioether (sulfide) groups is 1. The highest BCUT2D eigenvalue weighted by molar-refractivity contribution is 9.10. The Morgan fingerprint density at radius 1 is 1.30 bits per heavy atom. The number of hydrogen-bond donors (Lipinski definition) is 1. The normalized spacial score (nSPS) is 16.7. The minimum Gasteiger partial charge on any atom is -0.349 e. The van der Waals surface area contributed by atoms with Crippen LogP contribution < -0.4 is 5.32 Å². The molecule has 0 aromatic heterocycles. The van der Waals surface area contributed by atoms with Gasteiger partial charge < -0.3 is 5.32 Å². The molecule has 0 fully saturated rings. The van der Waals surface area contributed by atoms with E-state index in [-0.39, 0.29) is 11.9 Å². The van der Waals surface area contributed by atoms with Crippen LogP contribution in [0.25, 0.3) is 0 Å². The number of halogens is 1. The summed E-state index contributed by atoms with van der Waals surface area (Å²) >= 11 is 5.07. The summed E-state index contributed by atoms with van der Waals surface area (Å²) in [4.78, 5) is 13.5. The van der Waals surface area contributed by atoms with Crippen LogP contribution in [-0.4, -0.2) is 11.7 Å². The van der Waals surface area contributed by atoms with Gasteiger partial charge in [-0.3, -0.25) is 4.79 Å². The molecule has 0 heterocycles. The van der Waals surface area contributed by atoms with Crippen LogP contribution in [0.2, 0.25) is 0 Å². The highest BCUT2D eigenvalue weighted by Crippen LogP contribution is 2.30. The molecule has 4 heteroatoms. The molecule has 0 bridgehead atoms. The van der Waals surface area contributed by atoms with Gasteiger partial charge in [0, 0.05) is 9.37 Å². The Hall–Kier alpha value is -1.26. The van der Waals surface area contributed by atoms with E-state index < -0.39 is 0 Å². The largest absolute Gasteiger partial charge is 0.349 e. The van der Waals surface area contributed by atoms with E-state index in [9.17, 15) is 4.79 Å². The van der Waals surface area contributed by atoms with Gasteiger partial charge in [-0.2, -0.15) is 0 Å². The van der Waals surface area contributed by atoms with Crippen molar-refractivity contribution in [2.24, 2.45) is 0 Å². The molecule has 0 aliphatic heterocycles. The molecule has 120 valence electrons. The number of fused-ring (bicyclic) bond motifs is 1. The van der Waals surface area contributed by atoms with Crippen LogP contribution in [0.4, 0.5) is 0 Å². The maximum absolute atomic E-state index is 12.3. The second-order valence-electron chi connectivity index (χ2n) is 5.91. The zero-order valence-electron chi connectivity index (χ0n) is 13.1. The SMILES string of the molecule is Cc1cc(Br)ccc1SCC(=O)N[C@H]1CCCc2ccccc21. The van der Waals surface area contributed by atoms with E-state index in [0.29, 0.717) is 5.75 Å². The predicted molar refractivity (Wildman–Crippen MR) is 99.9 cm³/mol. The van der Waals surface area contributed by atoms with Gasteiger partial charge in [0.05, 0.1) is 11.8 Å². The molecular weight excluding hydrogens is 370 g/mol. The molecule has 1 atom stereocenters. The van der Waals surface area contributed by atoms with Gasteiger partial charge in [-0.15, -0.1) is 11.8 Å². The number of amides is 1. The van der Waals surface area contributed by atoms with Crippen molar-refractivity contribution in [3.63, 3.8) is 0 Å². The summed E-state index contributed by atoms with van der Waals surface area (Å²) in [7, 11) is 0. The van der Waals surface area contributed by atoms with E-state index in [0.717, 1.165) is 28.6 Å². The monoisotopic (exact) mass is 389 g/mol. The number of rotatable bonds is 4. The molecule has 1 aliphatic carbocycles. The van der Waals surface area contributed by atoms with Crippen LogP contribution in [0.1, 0.15) is 35.6 Å². The average molecular weight is 390 g/mol. The average Bonchev–Trinajstić information content (AvgIpc) is 2.54. The zero-order valence-corrected chi connectivity index (χ0v) is 15.5. The second-order valence-corrected chi connectivity index (χ2v) is 7.84. The quantitative estimate of drug-likeness (QED) is 0.741. The maximum atomic E-state index is 12.3. The summed E-state index contributed by atoms with van der Waals surface area (Å²) in [6, 6.07) is 14.8. The molecule has 2 nitrogen and oxygen atoms in total. The lowest BCUT2D eigenvalue weighted by Gasteiger charge is -2.26. The molecule has 1 amide bonds. The molecule has 0 spiro atoms. The molecule has 0 saturated heterocycles. The smallest absolute Gasteiger partial charge is 0.230 e. The maximum Gasteiger partial charge on any atom is 0.230 e. The number of nitrogens with one attached hydrogen (secondary N) is 1. The minimum absolute atomic E-state index is 0.110. The van der Waals surface area contributed by atoms with Gasteiger partial charge in [0.2, 0.25) is 5.91 Å². The van der Waals surface area contributed by atoms with E-state index in [1.807, 2.05) is 6.07 Å². The third-order valence-corrected chi connectivity index (χ3v) is 5.87. The number of hydrogen-bond acceptors (Lipinski definition) is 2. The van der Waals surface area contributed by atoms with Crippen molar-refractivity contribution in [3.8, 4) is 0 Å². The zero-order chi connectivity index (χ0) is 16.2. The van der Waals surface area contributed by atoms with Gasteiger partial charge in [-0.1, -0.05) is 40.2 Å². The summed E-state index contributed by atoms with van der Waals surface area (Å²) in [5, 5.41) is 3.21. The molecule has 3 rings (SSSR count). The summed E-state index contributed by atoms with van der Waals surface area (Å²) < 4.78 is 1.07. The molecule has 0 radical (unpaired) electrons. The van der Waals surface area contributed by atoms with Crippen molar-refractivity contribution < 1.29 is 4.79 Å². The summed E-state index contributed by atoms with van der Waals surface area (Å²) in [5.41, 5.74) is 3.86. The Labute approximate surface area is 150 Å². The first kappa shape index (κ1) is 16.6. The molecule has 23 heavy (non-hydrogen) atoms. The number of carbonyl (C=O) groups is 1. The third kappa shape index (κ3) is 4.18. The fraction of sp³-hybridized carbons (Fsp3) is 0.316. The predicted octanol–water partition coefficient (Wildman–Crippen LogP) is 5.04. The van der Waals surface area contributed by atoms with Crippen molar-refractivity contribution in [3.05, 3.63) is 63.6 Å². The first-order valence-corrected chi connectivity index (χ1v) is 9.67. The summed E-state index contributed by atoms with van der Waals surface area (Å²) in [6.45, 7) is 2.07. The molecule has 0 saturated carbocycles. The molecule has 1 N–H and O–H groups in total. The van der Waals surface area contributed by atoms with Crippen LogP contribution >= 0.6 is 27.7 Å². The van der Waals surface area contributed by atoms with Gasteiger partial charge in [0.15, 0.2) is 0 Å². The lowest BCUT2D eigenvalue weighted by Crippen LogP contribution is -2.32. The summed E-state index contributed by atoms with van der Waals surface area (Å²) in [6.07, 6.45) is 3.29. The topological polar surface area (TPSA) is 29.1 Å². The molecular formula is C19H20BrNOS. The van der Waals surface area contributed by atoms with Crippen molar-refractivity contribution in [1.82, 2.24) is 5.32 Å². The lowest BCUT2D eigenvalue weighted by atomic mass is 9.88. The van der Waals surface area contributed by atoms with Crippen molar-refractivity contribution in [2.75, 3.05) is 5.75 Å². The van der Waals surface area contributed by atoms with Crippen molar-refractivity contribution >= 4 is 33.6 Å². The van der Waals surface area contributed by atoms with Crippen molar-refractivity contribution in [2.45, 2.75) is 37.1 Å². The highest BCUT2D eigenvalue weighted by atomic mass is 79.9. The third-order valence-electron chi connectivity index (χ3n) is 4.20. The lowest BCUT2D eigenvalue weighted by molar-refractivity contribution is -0.119.